The monoisotopic (exact) mass is 263 g/mol. The molecule has 0 spiro atoms. The Morgan fingerprint density at radius 2 is 2.22 bits per heavy atom. The molecule has 0 unspecified atom stereocenters. The number of nitrogens with one attached hydrogen (secondary N) is 1. The van der Waals surface area contributed by atoms with Gasteiger partial charge in [-0.15, -0.1) is 0 Å². The molecule has 5 heteroatoms. The molecule has 0 atom stereocenters. The summed E-state index contributed by atoms with van der Waals surface area (Å²) in [4.78, 5) is 16.0. The highest BCUT2D eigenvalue weighted by atomic mass is 35.5. The first kappa shape index (κ1) is 12.6. The first-order valence-corrected chi connectivity index (χ1v) is 6.05. The smallest absolute Gasteiger partial charge is 0.272 e. The van der Waals surface area contributed by atoms with Gasteiger partial charge >= 0.3 is 0 Å². The Kier molecular flexibility index (Phi) is 3.67. The van der Waals surface area contributed by atoms with E-state index >= 15 is 0 Å². The van der Waals surface area contributed by atoms with Gasteiger partial charge in [0.2, 0.25) is 0 Å². The maximum atomic E-state index is 12.1. The lowest BCUT2D eigenvalue weighted by Gasteiger charge is -2.12. The highest BCUT2D eigenvalue weighted by molar-refractivity contribution is 6.29. The number of hydrogen-bond acceptors (Lipinski definition) is 2. The molecule has 4 nitrogen and oxygen atoms in total. The SMILES string of the molecule is CC(C)n1cccc1C(=O)Nc1ccnc(Cl)c1. The zero-order chi connectivity index (χ0) is 13.1. The molecule has 0 aliphatic rings. The molecule has 0 aromatic carbocycles. The summed E-state index contributed by atoms with van der Waals surface area (Å²) in [5, 5.41) is 3.15. The maximum Gasteiger partial charge on any atom is 0.272 e. The molecule has 2 aromatic heterocycles. The summed E-state index contributed by atoms with van der Waals surface area (Å²) in [7, 11) is 0. The van der Waals surface area contributed by atoms with Crippen molar-refractivity contribution in [3.05, 3.63) is 47.5 Å². The molecule has 0 fully saturated rings. The fraction of sp³-hybridized carbons (Fsp3) is 0.231. The molecular weight excluding hydrogens is 250 g/mol. The summed E-state index contributed by atoms with van der Waals surface area (Å²) in [5.41, 5.74) is 1.26. The zero-order valence-electron chi connectivity index (χ0n) is 10.2. The van der Waals surface area contributed by atoms with Gasteiger partial charge in [0.05, 0.1) is 0 Å². The third kappa shape index (κ3) is 2.71. The van der Waals surface area contributed by atoms with Crippen molar-refractivity contribution in [3.8, 4) is 0 Å². The molecule has 1 amide bonds. The lowest BCUT2D eigenvalue weighted by atomic mass is 10.3. The molecule has 0 bridgehead atoms. The first-order chi connectivity index (χ1) is 8.58. The molecule has 0 saturated heterocycles. The van der Waals surface area contributed by atoms with E-state index in [0.717, 1.165) is 0 Å². The maximum absolute atomic E-state index is 12.1. The van der Waals surface area contributed by atoms with E-state index < -0.39 is 0 Å². The van der Waals surface area contributed by atoms with Crippen LogP contribution < -0.4 is 5.32 Å². The lowest BCUT2D eigenvalue weighted by Crippen LogP contribution is -2.17. The van der Waals surface area contributed by atoms with Gasteiger partial charge in [0.15, 0.2) is 0 Å². The number of nitrogens with zero attached hydrogens (tertiary/aromatic N) is 2. The molecule has 0 aliphatic carbocycles. The van der Waals surface area contributed by atoms with Gasteiger partial charge in [-0.25, -0.2) is 4.98 Å². The first-order valence-electron chi connectivity index (χ1n) is 5.67. The standard InChI is InChI=1S/C13H14ClN3O/c1-9(2)17-7-3-4-11(17)13(18)16-10-5-6-15-12(14)8-10/h3-9H,1-2H3,(H,15,16,18). The fourth-order valence-electron chi connectivity index (χ4n) is 1.71. The van der Waals surface area contributed by atoms with Crippen LogP contribution in [0.15, 0.2) is 36.7 Å². The quantitative estimate of drug-likeness (QED) is 0.863. The van der Waals surface area contributed by atoms with Crippen molar-refractivity contribution in [2.45, 2.75) is 19.9 Å². The molecule has 18 heavy (non-hydrogen) atoms. The number of carbonyl (C=O) groups excluding carboxylic acids is 1. The molecule has 0 saturated carbocycles. The number of amides is 1. The number of aromatic nitrogens is 2. The van der Waals surface area contributed by atoms with Crippen LogP contribution in [0, 0.1) is 0 Å². The highest BCUT2D eigenvalue weighted by Gasteiger charge is 2.12. The number of hydrogen-bond donors (Lipinski definition) is 1. The molecule has 2 aromatic rings. The van der Waals surface area contributed by atoms with Crippen LogP contribution in [0.25, 0.3) is 0 Å². The van der Waals surface area contributed by atoms with Crippen LogP contribution in [-0.4, -0.2) is 15.5 Å². The minimum atomic E-state index is -0.157. The second kappa shape index (κ2) is 5.23. The van der Waals surface area contributed by atoms with Gasteiger partial charge in [0.1, 0.15) is 10.8 Å². The molecule has 0 radical (unpaired) electrons. The van der Waals surface area contributed by atoms with E-state index in [0.29, 0.717) is 16.5 Å². The van der Waals surface area contributed by atoms with Crippen LogP contribution in [-0.2, 0) is 0 Å². The predicted octanol–water partition coefficient (Wildman–Crippen LogP) is 3.37. The largest absolute Gasteiger partial charge is 0.341 e. The molecule has 94 valence electrons. The van der Waals surface area contributed by atoms with Crippen LogP contribution in [0.5, 0.6) is 0 Å². The van der Waals surface area contributed by atoms with Crippen LogP contribution in [0.4, 0.5) is 5.69 Å². The van der Waals surface area contributed by atoms with Gasteiger partial charge in [-0.3, -0.25) is 4.79 Å². The van der Waals surface area contributed by atoms with Crippen molar-refractivity contribution in [3.63, 3.8) is 0 Å². The number of halogens is 1. The second-order valence-corrected chi connectivity index (χ2v) is 4.60. The van der Waals surface area contributed by atoms with E-state index in [2.05, 4.69) is 10.3 Å². The summed E-state index contributed by atoms with van der Waals surface area (Å²) in [6, 6.07) is 7.20. The number of carbonyl (C=O) groups is 1. The number of pyridine rings is 1. The van der Waals surface area contributed by atoms with Crippen LogP contribution >= 0.6 is 11.6 Å². The Labute approximate surface area is 111 Å². The Morgan fingerprint density at radius 1 is 1.44 bits per heavy atom. The second-order valence-electron chi connectivity index (χ2n) is 4.22. The number of anilines is 1. The molecule has 2 heterocycles. The third-order valence-corrected chi connectivity index (χ3v) is 2.76. The Morgan fingerprint density at radius 3 is 2.89 bits per heavy atom. The van der Waals surface area contributed by atoms with E-state index in [1.165, 1.54) is 0 Å². The Bertz CT molecular complexity index is 563. The van der Waals surface area contributed by atoms with Gasteiger partial charge in [-0.2, -0.15) is 0 Å². The minimum absolute atomic E-state index is 0.157. The van der Waals surface area contributed by atoms with E-state index in [1.807, 2.05) is 30.7 Å². The average Bonchev–Trinajstić information content (AvgIpc) is 2.77. The van der Waals surface area contributed by atoms with E-state index in [9.17, 15) is 4.79 Å². The molecular formula is C13H14ClN3O. The normalized spacial score (nSPS) is 10.7. The zero-order valence-corrected chi connectivity index (χ0v) is 11.0. The summed E-state index contributed by atoms with van der Waals surface area (Å²) in [5.74, 6) is -0.157. The van der Waals surface area contributed by atoms with Crippen LogP contribution in [0.1, 0.15) is 30.4 Å². The van der Waals surface area contributed by atoms with Crippen molar-refractivity contribution < 1.29 is 4.79 Å². The third-order valence-electron chi connectivity index (χ3n) is 2.55. The van der Waals surface area contributed by atoms with Crippen LogP contribution in [0.3, 0.4) is 0 Å². The molecule has 1 N–H and O–H groups in total. The molecule has 2 rings (SSSR count). The summed E-state index contributed by atoms with van der Waals surface area (Å²) in [6.45, 7) is 4.06. The van der Waals surface area contributed by atoms with Gasteiger partial charge in [-0.05, 0) is 38.1 Å². The van der Waals surface area contributed by atoms with Crippen molar-refractivity contribution in [2.24, 2.45) is 0 Å². The van der Waals surface area contributed by atoms with Crippen molar-refractivity contribution >= 4 is 23.2 Å². The summed E-state index contributed by atoms with van der Waals surface area (Å²) < 4.78 is 1.91. The van der Waals surface area contributed by atoms with Crippen molar-refractivity contribution in [2.75, 3.05) is 5.32 Å². The fourth-order valence-corrected chi connectivity index (χ4v) is 1.89. The molecule has 0 aliphatic heterocycles. The van der Waals surface area contributed by atoms with Gasteiger partial charge in [-0.1, -0.05) is 11.6 Å². The van der Waals surface area contributed by atoms with Gasteiger partial charge in [0.25, 0.3) is 5.91 Å². The Balaban J connectivity index is 2.20. The summed E-state index contributed by atoms with van der Waals surface area (Å²) >= 11 is 5.77. The van der Waals surface area contributed by atoms with Gasteiger partial charge < -0.3 is 9.88 Å². The highest BCUT2D eigenvalue weighted by Crippen LogP contribution is 2.15. The summed E-state index contributed by atoms with van der Waals surface area (Å²) in [6.07, 6.45) is 3.44. The average molecular weight is 264 g/mol. The Hall–Kier alpha value is -1.81. The predicted molar refractivity (Wildman–Crippen MR) is 72.0 cm³/mol. The number of rotatable bonds is 3. The van der Waals surface area contributed by atoms with Gasteiger partial charge in [0, 0.05) is 24.1 Å². The topological polar surface area (TPSA) is 46.9 Å². The van der Waals surface area contributed by atoms with E-state index in [1.54, 1.807) is 24.4 Å². The van der Waals surface area contributed by atoms with Crippen LogP contribution in [0.2, 0.25) is 5.15 Å². The van der Waals surface area contributed by atoms with E-state index in [-0.39, 0.29) is 11.9 Å². The lowest BCUT2D eigenvalue weighted by molar-refractivity contribution is 0.101. The van der Waals surface area contributed by atoms with E-state index in [4.69, 9.17) is 11.6 Å². The minimum Gasteiger partial charge on any atom is -0.341 e. The van der Waals surface area contributed by atoms with Crippen molar-refractivity contribution in [1.29, 1.82) is 0 Å². The van der Waals surface area contributed by atoms with Crippen molar-refractivity contribution in [1.82, 2.24) is 9.55 Å².